The normalized spacial score (nSPS) is 10.4. The van der Waals surface area contributed by atoms with Crippen LogP contribution in [0.5, 0.6) is 11.5 Å². The van der Waals surface area contributed by atoms with E-state index in [0.29, 0.717) is 0 Å². The molecular weight excluding hydrogens is 520 g/mol. The summed E-state index contributed by atoms with van der Waals surface area (Å²) in [5.41, 5.74) is 1.85. The molecule has 0 atom stereocenters. The topological polar surface area (TPSA) is 30.8 Å². The second-order valence-electron chi connectivity index (χ2n) is 6.99. The van der Waals surface area contributed by atoms with Gasteiger partial charge in [0.1, 0.15) is 41.0 Å². The summed E-state index contributed by atoms with van der Waals surface area (Å²) in [5, 5.41) is 3.92. The van der Waals surface area contributed by atoms with Gasteiger partial charge in [-0.1, -0.05) is 48.5 Å². The van der Waals surface area contributed by atoms with Crippen molar-refractivity contribution in [2.45, 2.75) is 0 Å². The van der Waals surface area contributed by atoms with Crippen molar-refractivity contribution in [1.29, 1.82) is 0 Å². The van der Waals surface area contributed by atoms with Crippen LogP contribution in [-0.2, 0) is 20.4 Å². The maximum Gasteiger partial charge on any atom is 2.00 e. The van der Waals surface area contributed by atoms with Gasteiger partial charge in [-0.3, -0.25) is 4.99 Å². The third-order valence-electron chi connectivity index (χ3n) is 5.08. The molecule has 0 aliphatic heterocycles. The molecule has 4 rings (SSSR count). The van der Waals surface area contributed by atoms with Crippen LogP contribution in [0.15, 0.2) is 108 Å². The minimum absolute atomic E-state index is 0. The molecule has 4 aromatic rings. The molecule has 0 spiro atoms. The molecule has 0 aliphatic rings. The van der Waals surface area contributed by atoms with Crippen LogP contribution in [-0.4, -0.2) is 20.4 Å². The van der Waals surface area contributed by atoms with Crippen molar-refractivity contribution in [3.05, 3.63) is 116 Å². The van der Waals surface area contributed by atoms with Crippen molar-refractivity contribution in [1.82, 2.24) is 0 Å². The second kappa shape index (κ2) is 13.1. The molecule has 5 heteroatoms. The van der Waals surface area contributed by atoms with E-state index in [9.17, 15) is 0 Å². The molecule has 0 heterocycles. The molecular formula is C28H28NO2PPd+2. The van der Waals surface area contributed by atoms with Gasteiger partial charge in [0.05, 0.1) is 14.2 Å². The van der Waals surface area contributed by atoms with Crippen molar-refractivity contribution in [3.63, 3.8) is 0 Å². The number of hydrogen-bond donors (Lipinski definition) is 0. The van der Waals surface area contributed by atoms with Crippen LogP contribution in [0, 0.1) is 7.43 Å². The molecule has 0 fully saturated rings. The summed E-state index contributed by atoms with van der Waals surface area (Å²) in [6.45, 7) is 0. The molecule has 4 aromatic carbocycles. The van der Waals surface area contributed by atoms with Crippen LogP contribution in [0.4, 0.5) is 5.69 Å². The summed E-state index contributed by atoms with van der Waals surface area (Å²) in [5.74, 6) is 1.53. The second-order valence-corrected chi connectivity index (χ2v) is 9.43. The van der Waals surface area contributed by atoms with Gasteiger partial charge in [0, 0.05) is 11.8 Å². The third kappa shape index (κ3) is 6.40. The van der Waals surface area contributed by atoms with Crippen LogP contribution in [0.2, 0.25) is 0 Å². The Labute approximate surface area is 211 Å². The quantitative estimate of drug-likeness (QED) is 0.134. The Morgan fingerprint density at radius 1 is 0.697 bits per heavy atom. The Balaban J connectivity index is 0.00000193. The molecule has 0 saturated carbocycles. The monoisotopic (exact) mass is 547 g/mol. The Hall–Kier alpha value is -2.76. The van der Waals surface area contributed by atoms with Crippen molar-refractivity contribution in [2.24, 2.45) is 4.99 Å². The van der Waals surface area contributed by atoms with Gasteiger partial charge in [-0.2, -0.15) is 0 Å². The Bertz CT molecular complexity index is 1130. The Morgan fingerprint density at radius 3 is 1.85 bits per heavy atom. The maximum absolute atomic E-state index is 5.51. The Kier molecular flexibility index (Phi) is 10.5. The minimum Gasteiger partial charge on any atom is -0.497 e. The fourth-order valence-corrected chi connectivity index (χ4v) is 6.24. The number of aliphatic imine (C=N–C) groups is 1. The number of hydrogen-bond acceptors (Lipinski definition) is 3. The molecule has 170 valence electrons. The van der Waals surface area contributed by atoms with Gasteiger partial charge in [0.2, 0.25) is 0 Å². The molecule has 33 heavy (non-hydrogen) atoms. The van der Waals surface area contributed by atoms with E-state index in [4.69, 9.17) is 14.5 Å². The van der Waals surface area contributed by atoms with E-state index < -0.39 is 7.92 Å². The van der Waals surface area contributed by atoms with Gasteiger partial charge in [-0.15, -0.1) is 0 Å². The number of rotatable bonds is 7. The fourth-order valence-electron chi connectivity index (χ4n) is 3.56. The molecule has 0 amide bonds. The summed E-state index contributed by atoms with van der Waals surface area (Å²) in [6, 6.07) is 35.5. The summed E-state index contributed by atoms with van der Waals surface area (Å²) in [4.78, 5) is 4.90. The van der Waals surface area contributed by atoms with Gasteiger partial charge in [0.25, 0.3) is 0 Å². The van der Waals surface area contributed by atoms with E-state index in [-0.39, 0.29) is 27.8 Å². The first kappa shape index (κ1) is 26.5. The van der Waals surface area contributed by atoms with Gasteiger partial charge in [-0.05, 0) is 54.6 Å². The molecule has 3 nitrogen and oxygen atoms in total. The summed E-state index contributed by atoms with van der Waals surface area (Å²) >= 11 is 0. The van der Waals surface area contributed by atoms with Crippen molar-refractivity contribution in [3.8, 4) is 11.5 Å². The molecule has 0 saturated heterocycles. The largest absolute Gasteiger partial charge is 2.00 e. The van der Waals surface area contributed by atoms with E-state index in [1.807, 2.05) is 30.5 Å². The molecule has 0 N–H and O–H groups in total. The number of benzene rings is 4. The molecule has 0 bridgehead atoms. The number of para-hydroxylation sites is 1. The summed E-state index contributed by atoms with van der Waals surface area (Å²) < 4.78 is 10.9. The number of methoxy groups -OCH3 is 2. The van der Waals surface area contributed by atoms with Crippen LogP contribution in [0.3, 0.4) is 0 Å². The molecule has 0 unspecified atom stereocenters. The first-order chi connectivity index (χ1) is 15.3. The molecule has 0 radical (unpaired) electrons. The van der Waals surface area contributed by atoms with E-state index in [1.54, 1.807) is 14.2 Å². The average Bonchev–Trinajstić information content (AvgIpc) is 2.85. The van der Waals surface area contributed by atoms with Crippen molar-refractivity contribution < 1.29 is 29.9 Å². The van der Waals surface area contributed by atoms with Gasteiger partial charge in [0.15, 0.2) is 0 Å². The zero-order chi connectivity index (χ0) is 21.5. The Morgan fingerprint density at radius 2 is 1.27 bits per heavy atom. The first-order valence-electron chi connectivity index (χ1n) is 10.1. The standard InChI is InChI=1S/C27H24NO2P.CH3.Pd/c1-29-22-17-18-26(30-2)21(19-22)20-28-25-15-9-10-16-27(25)31(23-11-5-3-6-12-23)24-13-7-4-8-14-24;;/h3-20H,1-2H3;1H3;/q;-1;+2/p+1. The van der Waals surface area contributed by atoms with Crippen molar-refractivity contribution >= 4 is 35.7 Å². The van der Waals surface area contributed by atoms with E-state index in [0.717, 1.165) is 22.7 Å². The average molecular weight is 548 g/mol. The van der Waals surface area contributed by atoms with Crippen LogP contribution in [0.1, 0.15) is 5.56 Å². The summed E-state index contributed by atoms with van der Waals surface area (Å²) in [6.07, 6.45) is 1.86. The SMILES string of the molecule is COc1ccc(OC)c(C=Nc2ccccc2[PH+](c2ccccc2)c2ccccc2)c1.[CH3-].[Pd+2]. The predicted molar refractivity (Wildman–Crippen MR) is 140 cm³/mol. The zero-order valence-corrected chi connectivity index (χ0v) is 21.5. The maximum atomic E-state index is 5.51. The zero-order valence-electron chi connectivity index (χ0n) is 19.0. The van der Waals surface area contributed by atoms with Gasteiger partial charge >= 0.3 is 20.4 Å². The minimum atomic E-state index is -1.21. The molecule has 0 aromatic heterocycles. The number of ether oxygens (including phenoxy) is 2. The van der Waals surface area contributed by atoms with Crippen molar-refractivity contribution in [2.75, 3.05) is 14.2 Å². The third-order valence-corrected chi connectivity index (χ3v) is 7.86. The van der Waals surface area contributed by atoms with E-state index in [1.165, 1.54) is 15.9 Å². The predicted octanol–water partition coefficient (Wildman–Crippen LogP) is 5.39. The molecule has 0 aliphatic carbocycles. The van der Waals surface area contributed by atoms with Gasteiger partial charge in [-0.25, -0.2) is 0 Å². The number of nitrogens with zero attached hydrogens (tertiary/aromatic N) is 1. The summed E-state index contributed by atoms with van der Waals surface area (Å²) in [7, 11) is 2.12. The van der Waals surface area contributed by atoms with Crippen LogP contribution >= 0.6 is 7.92 Å². The van der Waals surface area contributed by atoms with E-state index >= 15 is 0 Å². The van der Waals surface area contributed by atoms with E-state index in [2.05, 4.69) is 78.9 Å². The smallest absolute Gasteiger partial charge is 0.497 e. The fraction of sp³-hybridized carbons (Fsp3) is 0.0714. The van der Waals surface area contributed by atoms with Crippen LogP contribution in [0.25, 0.3) is 0 Å². The first-order valence-corrected chi connectivity index (χ1v) is 11.6. The van der Waals surface area contributed by atoms with Gasteiger partial charge < -0.3 is 16.9 Å². The van der Waals surface area contributed by atoms with Crippen LogP contribution < -0.4 is 25.4 Å².